The van der Waals surface area contributed by atoms with Crippen molar-refractivity contribution in [3.63, 3.8) is 0 Å². The molecule has 34 heavy (non-hydrogen) atoms. The fraction of sp³-hybridized carbons (Fsp3) is 0.185. The Labute approximate surface area is 196 Å². The highest BCUT2D eigenvalue weighted by atomic mass is 16.5. The summed E-state index contributed by atoms with van der Waals surface area (Å²) in [4.78, 5) is 25.7. The van der Waals surface area contributed by atoms with Crippen LogP contribution < -0.4 is 23.7 Å². The molecule has 0 saturated heterocycles. The van der Waals surface area contributed by atoms with E-state index in [0.29, 0.717) is 39.9 Å². The van der Waals surface area contributed by atoms with Crippen LogP contribution in [0.4, 0.5) is 0 Å². The lowest BCUT2D eigenvalue weighted by Crippen LogP contribution is -2.22. The minimum absolute atomic E-state index is 0.0786. The first kappa shape index (κ1) is 21.6. The molecule has 0 aromatic heterocycles. The molecule has 0 saturated carbocycles. The molecule has 0 radical (unpaired) electrons. The first-order chi connectivity index (χ1) is 16.5. The summed E-state index contributed by atoms with van der Waals surface area (Å²) in [6.07, 6.45) is 1.74. The zero-order chi connectivity index (χ0) is 23.8. The average molecular weight is 458 g/mol. The second-order valence-electron chi connectivity index (χ2n) is 7.87. The summed E-state index contributed by atoms with van der Waals surface area (Å²) in [6.45, 7) is 0. The Morgan fingerprint density at radius 1 is 0.882 bits per heavy atom. The number of rotatable bonds is 5. The van der Waals surface area contributed by atoms with E-state index in [4.69, 9.17) is 23.7 Å². The smallest absolute Gasteiger partial charge is 0.312 e. The van der Waals surface area contributed by atoms with Gasteiger partial charge in [-0.15, -0.1) is 0 Å². The molecule has 3 aromatic rings. The number of ether oxygens (including phenoxy) is 5. The third-order valence-electron chi connectivity index (χ3n) is 6.02. The number of para-hydroxylation sites is 1. The third-order valence-corrected chi connectivity index (χ3v) is 6.02. The van der Waals surface area contributed by atoms with Crippen molar-refractivity contribution in [3.05, 3.63) is 82.6 Å². The SMILES string of the molecule is COc1ccc([C@@H]2CC(=O)Oc3ccc4c(c32)O/C(=C\c2ccccc2OC)C4=O)c(OC)c1. The molecule has 7 heteroatoms. The van der Waals surface area contributed by atoms with Crippen LogP contribution in [0.3, 0.4) is 0 Å². The van der Waals surface area contributed by atoms with Crippen molar-refractivity contribution in [1.29, 1.82) is 0 Å². The van der Waals surface area contributed by atoms with Gasteiger partial charge in [-0.1, -0.05) is 24.3 Å². The van der Waals surface area contributed by atoms with E-state index in [-0.39, 0.29) is 23.9 Å². The number of allylic oxidation sites excluding steroid dienone is 1. The van der Waals surface area contributed by atoms with E-state index in [1.165, 1.54) is 0 Å². The summed E-state index contributed by atoms with van der Waals surface area (Å²) in [5, 5.41) is 0. The lowest BCUT2D eigenvalue weighted by atomic mass is 9.84. The molecule has 0 spiro atoms. The Balaban J connectivity index is 1.63. The fourth-order valence-corrected chi connectivity index (χ4v) is 4.40. The number of carbonyl (C=O) groups is 2. The predicted octanol–water partition coefficient (Wildman–Crippen LogP) is 4.77. The van der Waals surface area contributed by atoms with Crippen LogP contribution in [0.15, 0.2) is 60.4 Å². The molecule has 1 atom stereocenters. The van der Waals surface area contributed by atoms with Gasteiger partial charge in [-0.25, -0.2) is 0 Å². The number of methoxy groups -OCH3 is 3. The molecule has 0 fully saturated rings. The van der Waals surface area contributed by atoms with E-state index < -0.39 is 5.92 Å². The molecule has 7 nitrogen and oxygen atoms in total. The summed E-state index contributed by atoms with van der Waals surface area (Å²) in [5.41, 5.74) is 2.54. The third kappa shape index (κ3) is 3.55. The van der Waals surface area contributed by atoms with Gasteiger partial charge in [-0.05, 0) is 30.3 Å². The van der Waals surface area contributed by atoms with E-state index in [1.807, 2.05) is 30.3 Å². The van der Waals surface area contributed by atoms with Crippen molar-refractivity contribution >= 4 is 17.8 Å². The summed E-state index contributed by atoms with van der Waals surface area (Å²) < 4.78 is 27.9. The van der Waals surface area contributed by atoms with Crippen molar-refractivity contribution in [3.8, 4) is 28.7 Å². The zero-order valence-corrected chi connectivity index (χ0v) is 18.9. The van der Waals surface area contributed by atoms with Crippen LogP contribution in [0.5, 0.6) is 28.7 Å². The van der Waals surface area contributed by atoms with E-state index in [0.717, 1.165) is 11.1 Å². The van der Waals surface area contributed by atoms with Gasteiger partial charge in [0.15, 0.2) is 5.76 Å². The number of esters is 1. The van der Waals surface area contributed by atoms with Crippen molar-refractivity contribution in [2.75, 3.05) is 21.3 Å². The second-order valence-corrected chi connectivity index (χ2v) is 7.87. The highest BCUT2D eigenvalue weighted by Gasteiger charge is 2.39. The fourth-order valence-electron chi connectivity index (χ4n) is 4.40. The predicted molar refractivity (Wildman–Crippen MR) is 124 cm³/mol. The Morgan fingerprint density at radius 3 is 2.44 bits per heavy atom. The van der Waals surface area contributed by atoms with Crippen LogP contribution in [0.2, 0.25) is 0 Å². The molecule has 0 unspecified atom stereocenters. The Bertz CT molecular complexity index is 1340. The molecular weight excluding hydrogens is 436 g/mol. The van der Waals surface area contributed by atoms with Crippen LogP contribution in [-0.4, -0.2) is 33.1 Å². The molecule has 0 amide bonds. The number of ketones is 1. The lowest BCUT2D eigenvalue weighted by molar-refractivity contribution is -0.135. The van der Waals surface area contributed by atoms with Gasteiger partial charge in [0.05, 0.1) is 33.3 Å². The minimum Gasteiger partial charge on any atom is -0.497 e. The van der Waals surface area contributed by atoms with Crippen LogP contribution >= 0.6 is 0 Å². The van der Waals surface area contributed by atoms with Crippen molar-refractivity contribution < 1.29 is 33.3 Å². The largest absolute Gasteiger partial charge is 0.497 e. The van der Waals surface area contributed by atoms with Gasteiger partial charge in [-0.2, -0.15) is 0 Å². The standard InChI is InChI=1S/C27H22O7/c1-30-16-8-9-17(22(13-16)32-3)19-14-24(28)33-21-11-10-18-26(29)23(34-27(18)25(19)21)12-15-6-4-5-7-20(15)31-2/h4-13,19H,14H2,1-3H3/b23-12-/t19-/m0/s1. The Morgan fingerprint density at radius 2 is 1.68 bits per heavy atom. The number of hydrogen-bond donors (Lipinski definition) is 0. The van der Waals surface area contributed by atoms with Gasteiger partial charge in [0.25, 0.3) is 0 Å². The molecule has 3 aromatic carbocycles. The molecule has 2 aliphatic heterocycles. The van der Waals surface area contributed by atoms with Crippen molar-refractivity contribution in [2.45, 2.75) is 12.3 Å². The number of hydrogen-bond acceptors (Lipinski definition) is 7. The van der Waals surface area contributed by atoms with Crippen LogP contribution in [0.25, 0.3) is 6.08 Å². The maximum atomic E-state index is 13.2. The number of carbonyl (C=O) groups excluding carboxylic acids is 2. The highest BCUT2D eigenvalue weighted by Crippen LogP contribution is 2.50. The molecule has 0 bridgehead atoms. The number of fused-ring (bicyclic) bond motifs is 3. The summed E-state index contributed by atoms with van der Waals surface area (Å²) in [5.74, 6) is 1.70. The minimum atomic E-state index is -0.425. The first-order valence-electron chi connectivity index (χ1n) is 10.7. The molecular formula is C27H22O7. The van der Waals surface area contributed by atoms with Crippen molar-refractivity contribution in [2.24, 2.45) is 0 Å². The van der Waals surface area contributed by atoms with Crippen LogP contribution in [0.1, 0.15) is 39.4 Å². The molecule has 2 heterocycles. The average Bonchev–Trinajstić information content (AvgIpc) is 3.18. The normalized spacial score (nSPS) is 17.5. The summed E-state index contributed by atoms with van der Waals surface area (Å²) in [7, 11) is 4.70. The van der Waals surface area contributed by atoms with Crippen molar-refractivity contribution in [1.82, 2.24) is 0 Å². The van der Waals surface area contributed by atoms with Crippen LogP contribution in [-0.2, 0) is 4.79 Å². The molecule has 0 N–H and O–H groups in total. The number of Topliss-reactive ketones (excluding diaryl/α,β-unsaturated/α-hetero) is 1. The molecule has 172 valence electrons. The van der Waals surface area contributed by atoms with E-state index >= 15 is 0 Å². The Kier molecular flexibility index (Phi) is 5.45. The van der Waals surface area contributed by atoms with Gasteiger partial charge in [0.2, 0.25) is 5.78 Å². The quantitative estimate of drug-likeness (QED) is 0.310. The molecule has 2 aliphatic rings. The zero-order valence-electron chi connectivity index (χ0n) is 18.9. The van der Waals surface area contributed by atoms with Gasteiger partial charge >= 0.3 is 5.97 Å². The highest BCUT2D eigenvalue weighted by molar-refractivity contribution is 6.15. The van der Waals surface area contributed by atoms with Gasteiger partial charge < -0.3 is 23.7 Å². The van der Waals surface area contributed by atoms with E-state index in [2.05, 4.69) is 0 Å². The maximum Gasteiger partial charge on any atom is 0.312 e. The summed E-state index contributed by atoms with van der Waals surface area (Å²) in [6, 6.07) is 16.0. The van der Waals surface area contributed by atoms with Gasteiger partial charge in [0.1, 0.15) is 28.7 Å². The first-order valence-corrected chi connectivity index (χ1v) is 10.7. The monoisotopic (exact) mass is 458 g/mol. The topological polar surface area (TPSA) is 80.3 Å². The second kappa shape index (κ2) is 8.59. The lowest BCUT2D eigenvalue weighted by Gasteiger charge is -2.27. The maximum absolute atomic E-state index is 13.2. The Hall–Kier alpha value is -4.26. The number of benzene rings is 3. The van der Waals surface area contributed by atoms with E-state index in [9.17, 15) is 9.59 Å². The van der Waals surface area contributed by atoms with Gasteiger partial charge in [0, 0.05) is 28.7 Å². The van der Waals surface area contributed by atoms with E-state index in [1.54, 1.807) is 51.7 Å². The molecule has 5 rings (SSSR count). The summed E-state index contributed by atoms with van der Waals surface area (Å²) >= 11 is 0. The van der Waals surface area contributed by atoms with Gasteiger partial charge in [-0.3, -0.25) is 9.59 Å². The van der Waals surface area contributed by atoms with Crippen LogP contribution in [0, 0.1) is 0 Å². The molecule has 0 aliphatic carbocycles.